The molecular weight excluding hydrogens is 416 g/mol. The molecule has 0 saturated heterocycles. The molecule has 4 N–H and O–H groups in total. The van der Waals surface area contributed by atoms with Crippen LogP contribution in [0.25, 0.3) is 0 Å². The highest BCUT2D eigenvalue weighted by Crippen LogP contribution is 2.35. The number of rotatable bonds is 10. The van der Waals surface area contributed by atoms with Gasteiger partial charge in [0.15, 0.2) is 0 Å². The molecule has 0 aliphatic heterocycles. The summed E-state index contributed by atoms with van der Waals surface area (Å²) in [5.41, 5.74) is -0.0668. The van der Waals surface area contributed by atoms with Crippen LogP contribution in [-0.2, 0) is 32.1 Å². The van der Waals surface area contributed by atoms with Gasteiger partial charge in [-0.15, -0.1) is 0 Å². The first kappa shape index (κ1) is 22.8. The zero-order valence-corrected chi connectivity index (χ0v) is 17.2. The molecule has 1 aliphatic carbocycles. The average Bonchev–Trinajstić information content (AvgIpc) is 3.57. The highest BCUT2D eigenvalue weighted by atomic mass is 16.5. The van der Waals surface area contributed by atoms with Gasteiger partial charge in [0.05, 0.1) is 5.92 Å². The van der Waals surface area contributed by atoms with Gasteiger partial charge < -0.3 is 25.6 Å². The number of nitrogens with one attached hydrogen (secondary N) is 2. The Labute approximate surface area is 184 Å². The zero-order valence-electron chi connectivity index (χ0n) is 17.2. The van der Waals surface area contributed by atoms with Crippen molar-refractivity contribution in [1.29, 1.82) is 0 Å². The zero-order chi connectivity index (χ0) is 23.1. The van der Waals surface area contributed by atoms with Crippen LogP contribution in [0.15, 0.2) is 60.7 Å². The predicted octanol–water partition coefficient (Wildman–Crippen LogP) is 1.96. The van der Waals surface area contributed by atoms with Crippen molar-refractivity contribution < 1.29 is 34.1 Å². The van der Waals surface area contributed by atoms with E-state index in [0.717, 1.165) is 0 Å². The first-order chi connectivity index (χ1) is 15.3. The van der Waals surface area contributed by atoms with Crippen molar-refractivity contribution in [2.45, 2.75) is 37.5 Å². The van der Waals surface area contributed by atoms with Gasteiger partial charge in [-0.3, -0.25) is 9.59 Å². The fraction of sp³-hybridized carbons (Fsp3) is 0.304. The summed E-state index contributed by atoms with van der Waals surface area (Å²) in [5, 5.41) is 23.9. The van der Waals surface area contributed by atoms with Crippen LogP contribution >= 0.6 is 0 Å². The lowest BCUT2D eigenvalue weighted by Crippen LogP contribution is -2.57. The van der Waals surface area contributed by atoms with Gasteiger partial charge >= 0.3 is 18.0 Å². The predicted molar refractivity (Wildman–Crippen MR) is 113 cm³/mol. The van der Waals surface area contributed by atoms with E-state index in [4.69, 9.17) is 4.74 Å². The Morgan fingerprint density at radius 3 is 1.97 bits per heavy atom. The molecule has 168 valence electrons. The summed E-state index contributed by atoms with van der Waals surface area (Å²) in [5.74, 6) is -4.74. The monoisotopic (exact) mass is 440 g/mol. The fourth-order valence-electron chi connectivity index (χ4n) is 3.29. The lowest BCUT2D eigenvalue weighted by molar-refractivity contribution is -0.147. The highest BCUT2D eigenvalue weighted by Gasteiger charge is 2.53. The molecule has 1 saturated carbocycles. The fourth-order valence-corrected chi connectivity index (χ4v) is 3.29. The van der Waals surface area contributed by atoms with Crippen molar-refractivity contribution in [2.75, 3.05) is 0 Å². The molecule has 0 aromatic heterocycles. The number of amides is 2. The number of carbonyl (C=O) groups is 4. The molecule has 2 atom stereocenters. The molecule has 0 radical (unpaired) electrons. The summed E-state index contributed by atoms with van der Waals surface area (Å²) in [6.07, 6.45) is -0.563. The van der Waals surface area contributed by atoms with Gasteiger partial charge in [-0.1, -0.05) is 60.7 Å². The molecule has 0 spiro atoms. The molecule has 1 unspecified atom stereocenters. The highest BCUT2D eigenvalue weighted by molar-refractivity contribution is 5.95. The molecule has 3 rings (SSSR count). The van der Waals surface area contributed by atoms with Crippen LogP contribution in [0.2, 0.25) is 0 Å². The van der Waals surface area contributed by atoms with E-state index in [2.05, 4.69) is 10.6 Å². The number of aliphatic carboxylic acids is 2. The van der Waals surface area contributed by atoms with Gasteiger partial charge in [0, 0.05) is 0 Å². The SMILES string of the molecule is O=C(N[C@H](C(=O)NC1(C(=O)O)CC1)C(Cc1ccccc1)C(=O)O)OCc1ccccc1. The van der Waals surface area contributed by atoms with Crippen molar-refractivity contribution in [3.8, 4) is 0 Å². The number of carboxylic acid groups (broad SMARTS) is 2. The Morgan fingerprint density at radius 1 is 0.906 bits per heavy atom. The van der Waals surface area contributed by atoms with Crippen molar-refractivity contribution in [3.63, 3.8) is 0 Å². The Kier molecular flexibility index (Phi) is 7.09. The summed E-state index contributed by atoms with van der Waals surface area (Å²) in [4.78, 5) is 48.9. The molecule has 1 aliphatic rings. The number of benzene rings is 2. The molecular formula is C23H24N2O7. The molecule has 9 heteroatoms. The van der Waals surface area contributed by atoms with E-state index in [1.807, 2.05) is 0 Å². The number of ether oxygens (including phenoxy) is 1. The van der Waals surface area contributed by atoms with E-state index < -0.39 is 41.4 Å². The lowest BCUT2D eigenvalue weighted by atomic mass is 9.91. The quantitative estimate of drug-likeness (QED) is 0.442. The van der Waals surface area contributed by atoms with Crippen molar-refractivity contribution in [1.82, 2.24) is 10.6 Å². The van der Waals surface area contributed by atoms with Gasteiger partial charge in [-0.2, -0.15) is 0 Å². The first-order valence-corrected chi connectivity index (χ1v) is 10.1. The van der Waals surface area contributed by atoms with E-state index in [-0.39, 0.29) is 25.9 Å². The summed E-state index contributed by atoms with van der Waals surface area (Å²) in [6, 6.07) is 16.0. The molecule has 0 bridgehead atoms. The van der Waals surface area contributed by atoms with E-state index >= 15 is 0 Å². The number of hydrogen-bond acceptors (Lipinski definition) is 5. The smallest absolute Gasteiger partial charge is 0.408 e. The third-order valence-electron chi connectivity index (χ3n) is 5.31. The number of carboxylic acids is 2. The lowest BCUT2D eigenvalue weighted by Gasteiger charge is -2.26. The minimum absolute atomic E-state index is 0.0483. The van der Waals surface area contributed by atoms with Crippen molar-refractivity contribution >= 4 is 23.9 Å². The van der Waals surface area contributed by atoms with E-state index in [9.17, 15) is 29.4 Å². The summed E-state index contributed by atoms with van der Waals surface area (Å²) < 4.78 is 5.14. The van der Waals surface area contributed by atoms with E-state index in [0.29, 0.717) is 11.1 Å². The largest absolute Gasteiger partial charge is 0.481 e. The topological polar surface area (TPSA) is 142 Å². The first-order valence-electron chi connectivity index (χ1n) is 10.1. The van der Waals surface area contributed by atoms with Crippen LogP contribution in [0.1, 0.15) is 24.0 Å². The summed E-state index contributed by atoms with van der Waals surface area (Å²) >= 11 is 0. The van der Waals surface area contributed by atoms with Crippen LogP contribution in [-0.4, -0.2) is 45.7 Å². The third-order valence-corrected chi connectivity index (χ3v) is 5.31. The van der Waals surface area contributed by atoms with Crippen molar-refractivity contribution in [2.24, 2.45) is 5.92 Å². The van der Waals surface area contributed by atoms with Crippen molar-refractivity contribution in [3.05, 3.63) is 71.8 Å². The standard InChI is InChI=1S/C23H24N2O7/c26-19(25-23(11-12-23)21(29)30)18(17(20(27)28)13-15-7-3-1-4-8-15)24-22(31)32-14-16-9-5-2-6-10-16/h1-10,17-18H,11-14H2,(H,24,31)(H,25,26)(H,27,28)(H,29,30)/t17?,18-/m0/s1. The second-order valence-corrected chi connectivity index (χ2v) is 7.69. The summed E-state index contributed by atoms with van der Waals surface area (Å²) in [6.45, 7) is -0.0729. The molecule has 1 fully saturated rings. The average molecular weight is 440 g/mol. The second kappa shape index (κ2) is 9.95. The van der Waals surface area contributed by atoms with E-state index in [1.165, 1.54) is 0 Å². The van der Waals surface area contributed by atoms with Gasteiger partial charge in [0.1, 0.15) is 18.2 Å². The number of alkyl carbamates (subject to hydrolysis) is 1. The van der Waals surface area contributed by atoms with Crippen LogP contribution in [0, 0.1) is 5.92 Å². The summed E-state index contributed by atoms with van der Waals surface area (Å²) in [7, 11) is 0. The molecule has 0 heterocycles. The van der Waals surface area contributed by atoms with Gasteiger partial charge in [-0.25, -0.2) is 9.59 Å². The third kappa shape index (κ3) is 5.84. The minimum atomic E-state index is -1.53. The number of carbonyl (C=O) groups excluding carboxylic acids is 2. The van der Waals surface area contributed by atoms with Gasteiger partial charge in [0.25, 0.3) is 0 Å². The van der Waals surface area contributed by atoms with Crippen LogP contribution < -0.4 is 10.6 Å². The minimum Gasteiger partial charge on any atom is -0.481 e. The van der Waals surface area contributed by atoms with Crippen LogP contribution in [0.3, 0.4) is 0 Å². The maximum Gasteiger partial charge on any atom is 0.408 e. The Balaban J connectivity index is 1.77. The van der Waals surface area contributed by atoms with E-state index in [1.54, 1.807) is 60.7 Å². The molecule has 2 aromatic carbocycles. The molecule has 2 aromatic rings. The number of hydrogen-bond donors (Lipinski definition) is 4. The molecule has 9 nitrogen and oxygen atoms in total. The molecule has 2 amide bonds. The van der Waals surface area contributed by atoms with Crippen LogP contribution in [0.4, 0.5) is 4.79 Å². The Hall–Kier alpha value is -3.88. The Morgan fingerprint density at radius 2 is 1.47 bits per heavy atom. The normalized spacial score (nSPS) is 15.6. The maximum atomic E-state index is 12.9. The van der Waals surface area contributed by atoms with Gasteiger partial charge in [0.2, 0.25) is 5.91 Å². The Bertz CT molecular complexity index is 974. The second-order valence-electron chi connectivity index (χ2n) is 7.69. The van der Waals surface area contributed by atoms with Crippen LogP contribution in [0.5, 0.6) is 0 Å². The maximum absolute atomic E-state index is 12.9. The molecule has 32 heavy (non-hydrogen) atoms. The van der Waals surface area contributed by atoms with Gasteiger partial charge in [-0.05, 0) is 30.4 Å².